The van der Waals surface area contributed by atoms with Gasteiger partial charge in [-0.05, 0) is 19.3 Å². The van der Waals surface area contributed by atoms with Crippen LogP contribution in [-0.2, 0) is 4.74 Å². The summed E-state index contributed by atoms with van der Waals surface area (Å²) in [7, 11) is 0. The molecule has 0 aromatic carbocycles. The number of aromatic nitrogens is 1. The summed E-state index contributed by atoms with van der Waals surface area (Å²) in [6, 6.07) is 0. The van der Waals surface area contributed by atoms with E-state index >= 15 is 0 Å². The van der Waals surface area contributed by atoms with Crippen molar-refractivity contribution in [3.63, 3.8) is 0 Å². The predicted molar refractivity (Wildman–Crippen MR) is 66.6 cm³/mol. The Bertz CT molecular complexity index is 657. The highest BCUT2D eigenvalue weighted by Gasteiger charge is 2.19. The van der Waals surface area contributed by atoms with E-state index in [2.05, 4.69) is 4.98 Å². The SMILES string of the molecule is CCOC(=O)c1c(O)c(=O)[nH]c2c1=CC(C)CC=2. The molecule has 1 heterocycles. The van der Waals surface area contributed by atoms with Gasteiger partial charge in [-0.25, -0.2) is 4.79 Å². The summed E-state index contributed by atoms with van der Waals surface area (Å²) in [5, 5.41) is 10.9. The van der Waals surface area contributed by atoms with Gasteiger partial charge in [0.25, 0.3) is 5.56 Å². The second-order valence-electron chi connectivity index (χ2n) is 4.31. The van der Waals surface area contributed by atoms with Crippen LogP contribution in [0.5, 0.6) is 5.75 Å². The van der Waals surface area contributed by atoms with Crippen LogP contribution >= 0.6 is 0 Å². The lowest BCUT2D eigenvalue weighted by Gasteiger charge is -2.11. The fraction of sp³-hybridized carbons (Fsp3) is 0.385. The number of aromatic hydroxyl groups is 1. The molecule has 1 unspecified atom stereocenters. The Balaban J connectivity index is 2.79. The number of H-pyrrole nitrogens is 1. The lowest BCUT2D eigenvalue weighted by molar-refractivity contribution is 0.0521. The maximum atomic E-state index is 11.8. The summed E-state index contributed by atoms with van der Waals surface area (Å²) in [5.41, 5.74) is -0.714. The standard InChI is InChI=1S/C13H15NO4/c1-3-18-13(17)10-8-6-7(2)4-5-9(8)14-12(16)11(10)15/h5-7,15H,3-4H2,1-2H3,(H,14,16). The highest BCUT2D eigenvalue weighted by Crippen LogP contribution is 2.10. The molecule has 0 saturated carbocycles. The van der Waals surface area contributed by atoms with Crippen molar-refractivity contribution in [3.8, 4) is 5.75 Å². The molecule has 0 amide bonds. The summed E-state index contributed by atoms with van der Waals surface area (Å²) >= 11 is 0. The van der Waals surface area contributed by atoms with Gasteiger partial charge in [-0.3, -0.25) is 4.79 Å². The molecule has 96 valence electrons. The van der Waals surface area contributed by atoms with Crippen molar-refractivity contribution in [2.24, 2.45) is 5.92 Å². The molecule has 1 atom stereocenters. The Kier molecular flexibility index (Phi) is 3.23. The van der Waals surface area contributed by atoms with Crippen molar-refractivity contribution in [1.82, 2.24) is 4.98 Å². The van der Waals surface area contributed by atoms with Gasteiger partial charge in [0.1, 0.15) is 5.56 Å². The average molecular weight is 249 g/mol. The van der Waals surface area contributed by atoms with E-state index in [1.807, 2.05) is 19.1 Å². The van der Waals surface area contributed by atoms with Gasteiger partial charge in [-0.2, -0.15) is 0 Å². The number of fused-ring (bicyclic) bond motifs is 1. The molecule has 2 rings (SSSR count). The molecule has 1 aliphatic rings. The van der Waals surface area contributed by atoms with Crippen LogP contribution < -0.4 is 16.1 Å². The zero-order valence-electron chi connectivity index (χ0n) is 10.3. The lowest BCUT2D eigenvalue weighted by atomic mass is 9.99. The highest BCUT2D eigenvalue weighted by atomic mass is 16.5. The third-order valence-corrected chi connectivity index (χ3v) is 2.88. The molecule has 0 radical (unpaired) electrons. The number of hydrogen-bond donors (Lipinski definition) is 2. The van der Waals surface area contributed by atoms with Crippen molar-refractivity contribution in [3.05, 3.63) is 26.5 Å². The van der Waals surface area contributed by atoms with E-state index in [1.54, 1.807) is 6.92 Å². The minimum absolute atomic E-state index is 0.0431. The second-order valence-corrected chi connectivity index (χ2v) is 4.31. The first-order valence-electron chi connectivity index (χ1n) is 5.89. The number of carbonyl (C=O) groups is 1. The van der Waals surface area contributed by atoms with Crippen molar-refractivity contribution < 1.29 is 14.6 Å². The summed E-state index contributed by atoms with van der Waals surface area (Å²) in [6.45, 7) is 3.86. The average Bonchev–Trinajstić information content (AvgIpc) is 2.31. The third kappa shape index (κ3) is 2.03. The molecule has 2 N–H and O–H groups in total. The molecule has 18 heavy (non-hydrogen) atoms. The number of rotatable bonds is 2. The molecule has 0 bridgehead atoms. The lowest BCUT2D eigenvalue weighted by Crippen LogP contribution is -2.41. The Labute approximate surface area is 103 Å². The summed E-state index contributed by atoms with van der Waals surface area (Å²) in [6.07, 6.45) is 4.50. The van der Waals surface area contributed by atoms with E-state index in [0.29, 0.717) is 10.6 Å². The summed E-state index contributed by atoms with van der Waals surface area (Å²) in [4.78, 5) is 25.9. The Morgan fingerprint density at radius 3 is 3.00 bits per heavy atom. The van der Waals surface area contributed by atoms with Crippen LogP contribution in [0.3, 0.4) is 0 Å². The molecule has 5 heteroatoms. The maximum absolute atomic E-state index is 11.8. The van der Waals surface area contributed by atoms with Crippen LogP contribution in [0.25, 0.3) is 12.2 Å². The molecule has 1 aliphatic carbocycles. The van der Waals surface area contributed by atoms with E-state index < -0.39 is 17.3 Å². The quantitative estimate of drug-likeness (QED) is 0.715. The van der Waals surface area contributed by atoms with Crippen LogP contribution in [0.15, 0.2) is 4.79 Å². The monoisotopic (exact) mass is 249 g/mol. The van der Waals surface area contributed by atoms with Gasteiger partial charge in [0.05, 0.1) is 6.61 Å². The van der Waals surface area contributed by atoms with Gasteiger partial charge in [-0.15, -0.1) is 0 Å². The number of hydrogen-bond acceptors (Lipinski definition) is 4. The van der Waals surface area contributed by atoms with E-state index in [4.69, 9.17) is 4.74 Å². The molecule has 0 saturated heterocycles. The van der Waals surface area contributed by atoms with E-state index in [0.717, 1.165) is 6.42 Å². The van der Waals surface area contributed by atoms with Crippen LogP contribution in [0.4, 0.5) is 0 Å². The summed E-state index contributed by atoms with van der Waals surface area (Å²) < 4.78 is 4.88. The van der Waals surface area contributed by atoms with Gasteiger partial charge in [0.15, 0.2) is 5.75 Å². The predicted octanol–water partition coefficient (Wildman–Crippen LogP) is -0.142. The molecular weight excluding hydrogens is 234 g/mol. The number of pyridine rings is 1. The molecule has 0 fully saturated rings. The van der Waals surface area contributed by atoms with E-state index in [-0.39, 0.29) is 18.1 Å². The minimum atomic E-state index is -0.670. The Morgan fingerprint density at radius 1 is 1.61 bits per heavy atom. The third-order valence-electron chi connectivity index (χ3n) is 2.88. The fourth-order valence-electron chi connectivity index (χ4n) is 2.02. The first-order valence-corrected chi connectivity index (χ1v) is 5.89. The van der Waals surface area contributed by atoms with Gasteiger partial charge in [0.2, 0.25) is 0 Å². The van der Waals surface area contributed by atoms with Crippen molar-refractivity contribution in [2.75, 3.05) is 6.61 Å². The van der Waals surface area contributed by atoms with Crippen LogP contribution in [0.1, 0.15) is 30.6 Å². The first-order chi connectivity index (χ1) is 8.54. The highest BCUT2D eigenvalue weighted by molar-refractivity contribution is 5.92. The normalized spacial score (nSPS) is 17.3. The number of carbonyl (C=O) groups excluding carboxylic acids is 1. The van der Waals surface area contributed by atoms with Crippen molar-refractivity contribution >= 4 is 18.1 Å². The van der Waals surface area contributed by atoms with Crippen LogP contribution in [0, 0.1) is 5.92 Å². The minimum Gasteiger partial charge on any atom is -0.502 e. The van der Waals surface area contributed by atoms with Crippen molar-refractivity contribution in [1.29, 1.82) is 0 Å². The largest absolute Gasteiger partial charge is 0.502 e. The van der Waals surface area contributed by atoms with Crippen LogP contribution in [0.2, 0.25) is 0 Å². The summed E-state index contributed by atoms with van der Waals surface area (Å²) in [5.74, 6) is -1.00. The molecule has 1 aromatic heterocycles. The molecule has 0 aliphatic heterocycles. The van der Waals surface area contributed by atoms with Gasteiger partial charge < -0.3 is 14.8 Å². The second kappa shape index (κ2) is 4.68. The van der Waals surface area contributed by atoms with Crippen LogP contribution in [-0.4, -0.2) is 22.7 Å². The van der Waals surface area contributed by atoms with E-state index in [9.17, 15) is 14.7 Å². The smallest absolute Gasteiger partial charge is 0.342 e. The van der Waals surface area contributed by atoms with Gasteiger partial charge in [-0.1, -0.05) is 19.1 Å². The molecule has 5 nitrogen and oxygen atoms in total. The number of aromatic amines is 1. The maximum Gasteiger partial charge on any atom is 0.342 e. The Morgan fingerprint density at radius 2 is 2.33 bits per heavy atom. The van der Waals surface area contributed by atoms with Gasteiger partial charge in [0, 0.05) is 10.6 Å². The first kappa shape index (κ1) is 12.4. The topological polar surface area (TPSA) is 79.4 Å². The number of nitrogens with one attached hydrogen (secondary N) is 1. The molecule has 0 spiro atoms. The zero-order chi connectivity index (χ0) is 13.3. The fourth-order valence-corrected chi connectivity index (χ4v) is 2.02. The molecular formula is C13H15NO4. The number of esters is 1. The van der Waals surface area contributed by atoms with Gasteiger partial charge >= 0.3 is 5.97 Å². The van der Waals surface area contributed by atoms with Crippen molar-refractivity contribution in [2.45, 2.75) is 20.3 Å². The molecule has 1 aromatic rings. The van der Waals surface area contributed by atoms with E-state index in [1.165, 1.54) is 0 Å². The number of ether oxygens (including phenoxy) is 1. The Hall–Kier alpha value is -2.04. The zero-order valence-corrected chi connectivity index (χ0v) is 10.3.